The molecule has 0 spiro atoms. The van der Waals surface area contributed by atoms with Crippen LogP contribution in [0.5, 0.6) is 0 Å². The second kappa shape index (κ2) is 8.16. The number of nitrogens with one attached hydrogen (secondary N) is 1. The Kier molecular flexibility index (Phi) is 5.67. The fourth-order valence-corrected chi connectivity index (χ4v) is 3.13. The molecule has 1 atom stereocenters. The third-order valence-electron chi connectivity index (χ3n) is 4.54. The number of aliphatic carboxylic acids is 1. The Morgan fingerprint density at radius 2 is 1.86 bits per heavy atom. The van der Waals surface area contributed by atoms with Crippen LogP contribution in [0.1, 0.15) is 41.2 Å². The number of nitrogens with zero attached hydrogens (tertiary/aromatic N) is 1. The maximum Gasteiger partial charge on any atom is 0.305 e. The number of rotatable bonds is 6. The van der Waals surface area contributed by atoms with Crippen LogP contribution in [-0.4, -0.2) is 29.4 Å². The Balaban J connectivity index is 1.85. The van der Waals surface area contributed by atoms with E-state index >= 15 is 0 Å². The molecule has 2 amide bonds. The van der Waals surface area contributed by atoms with Crippen LogP contribution in [0, 0.1) is 11.6 Å². The minimum atomic E-state index is -1.17. The number of carboxylic acids is 1. The van der Waals surface area contributed by atoms with E-state index in [1.165, 1.54) is 29.2 Å². The predicted molar refractivity (Wildman–Crippen MR) is 96.8 cm³/mol. The van der Waals surface area contributed by atoms with E-state index in [2.05, 4.69) is 5.32 Å². The van der Waals surface area contributed by atoms with Crippen molar-refractivity contribution in [2.24, 2.45) is 0 Å². The zero-order chi connectivity index (χ0) is 20.3. The summed E-state index contributed by atoms with van der Waals surface area (Å²) < 4.78 is 27.4. The fourth-order valence-electron chi connectivity index (χ4n) is 3.13. The van der Waals surface area contributed by atoms with Gasteiger partial charge in [0.25, 0.3) is 5.91 Å². The molecule has 1 fully saturated rings. The summed E-state index contributed by atoms with van der Waals surface area (Å²) in [6.45, 7) is 0.489. The summed E-state index contributed by atoms with van der Waals surface area (Å²) in [5.74, 6) is -3.39. The molecule has 0 saturated carbocycles. The van der Waals surface area contributed by atoms with Crippen molar-refractivity contribution < 1.29 is 28.3 Å². The van der Waals surface area contributed by atoms with Gasteiger partial charge in [-0.25, -0.2) is 8.78 Å². The van der Waals surface area contributed by atoms with Gasteiger partial charge in [0.05, 0.1) is 18.0 Å². The third kappa shape index (κ3) is 4.33. The second-order valence-corrected chi connectivity index (χ2v) is 6.49. The Bertz CT molecular complexity index is 915. The van der Waals surface area contributed by atoms with Gasteiger partial charge in [0.2, 0.25) is 5.91 Å². The van der Waals surface area contributed by atoms with Gasteiger partial charge in [0.15, 0.2) is 0 Å². The normalized spacial score (nSPS) is 14.8. The molecule has 146 valence electrons. The molecule has 2 N–H and O–H groups in total. The first kappa shape index (κ1) is 19.5. The molecule has 2 aromatic carbocycles. The summed E-state index contributed by atoms with van der Waals surface area (Å²) >= 11 is 0. The van der Waals surface area contributed by atoms with E-state index in [1.807, 2.05) is 0 Å². The molecule has 0 aromatic heterocycles. The topological polar surface area (TPSA) is 86.7 Å². The molecule has 2 aromatic rings. The largest absolute Gasteiger partial charge is 0.481 e. The fraction of sp³-hybridized carbons (Fsp3) is 0.250. The summed E-state index contributed by atoms with van der Waals surface area (Å²) in [5.41, 5.74) is 0.490. The highest BCUT2D eigenvalue weighted by atomic mass is 19.1. The number of carboxylic acid groups (broad SMARTS) is 1. The molecule has 8 heteroatoms. The van der Waals surface area contributed by atoms with Crippen molar-refractivity contribution in [1.29, 1.82) is 0 Å². The summed E-state index contributed by atoms with van der Waals surface area (Å²) in [4.78, 5) is 37.1. The number of carbonyl (C=O) groups is 3. The Morgan fingerprint density at radius 3 is 2.46 bits per heavy atom. The van der Waals surface area contributed by atoms with E-state index in [0.29, 0.717) is 30.6 Å². The lowest BCUT2D eigenvalue weighted by atomic mass is 10.0. The predicted octanol–water partition coefficient (Wildman–Crippen LogP) is 3.04. The molecule has 1 saturated heterocycles. The molecular formula is C20H18F2N2O4. The van der Waals surface area contributed by atoms with E-state index in [4.69, 9.17) is 5.11 Å². The zero-order valence-electron chi connectivity index (χ0n) is 14.8. The van der Waals surface area contributed by atoms with E-state index < -0.39 is 36.0 Å². The first-order valence-corrected chi connectivity index (χ1v) is 8.73. The average Bonchev–Trinajstić information content (AvgIpc) is 3.07. The molecule has 0 unspecified atom stereocenters. The smallest absolute Gasteiger partial charge is 0.305 e. The van der Waals surface area contributed by atoms with Gasteiger partial charge >= 0.3 is 5.97 Å². The Hall–Kier alpha value is -3.29. The molecular weight excluding hydrogens is 370 g/mol. The first-order valence-electron chi connectivity index (χ1n) is 8.73. The van der Waals surface area contributed by atoms with Crippen molar-refractivity contribution in [2.45, 2.75) is 25.3 Å². The summed E-state index contributed by atoms with van der Waals surface area (Å²) in [5, 5.41) is 11.6. The summed E-state index contributed by atoms with van der Waals surface area (Å²) in [6.07, 6.45) is 0.621. The maximum atomic E-state index is 14.2. The van der Waals surface area contributed by atoms with Crippen LogP contribution in [0.4, 0.5) is 14.5 Å². The van der Waals surface area contributed by atoms with Crippen molar-refractivity contribution in [1.82, 2.24) is 5.32 Å². The van der Waals surface area contributed by atoms with Crippen LogP contribution in [0.2, 0.25) is 0 Å². The number of hydrogen-bond donors (Lipinski definition) is 2. The average molecular weight is 388 g/mol. The van der Waals surface area contributed by atoms with Gasteiger partial charge in [0.1, 0.15) is 11.6 Å². The van der Waals surface area contributed by atoms with Crippen molar-refractivity contribution in [3.8, 4) is 0 Å². The van der Waals surface area contributed by atoms with Gasteiger partial charge in [-0.05, 0) is 42.3 Å². The number of carbonyl (C=O) groups excluding carboxylic acids is 2. The quantitative estimate of drug-likeness (QED) is 0.796. The van der Waals surface area contributed by atoms with Crippen molar-refractivity contribution in [3.63, 3.8) is 0 Å². The number of amides is 2. The highest BCUT2D eigenvalue weighted by Gasteiger charge is 2.25. The minimum absolute atomic E-state index is 0.104. The second-order valence-electron chi connectivity index (χ2n) is 6.49. The van der Waals surface area contributed by atoms with Crippen LogP contribution >= 0.6 is 0 Å². The number of halogens is 2. The van der Waals surface area contributed by atoms with Gasteiger partial charge in [0, 0.05) is 18.7 Å². The van der Waals surface area contributed by atoms with Crippen LogP contribution in [-0.2, 0) is 9.59 Å². The highest BCUT2D eigenvalue weighted by molar-refractivity contribution is 5.99. The standard InChI is InChI=1S/C20H18F2N2O4/c21-13-5-3-12(4-6-13)17(11-19(26)27)23-20(28)15-10-14(7-8-16(15)22)24-9-1-2-18(24)25/h3-8,10,17H,1-2,9,11H2,(H,23,28)(H,26,27)/t17-/m0/s1. The molecule has 1 heterocycles. The SMILES string of the molecule is O=C(O)C[C@H](NC(=O)c1cc(N2CCCC2=O)ccc1F)c1ccc(F)cc1. The van der Waals surface area contributed by atoms with Gasteiger partial charge in [-0.3, -0.25) is 14.4 Å². The molecule has 1 aliphatic heterocycles. The maximum absolute atomic E-state index is 14.2. The summed E-state index contributed by atoms with van der Waals surface area (Å²) in [6, 6.07) is 7.84. The van der Waals surface area contributed by atoms with Crippen LogP contribution in [0.15, 0.2) is 42.5 Å². The third-order valence-corrected chi connectivity index (χ3v) is 4.54. The number of anilines is 1. The van der Waals surface area contributed by atoms with E-state index in [-0.39, 0.29) is 11.5 Å². The Labute approximate surface area is 159 Å². The van der Waals surface area contributed by atoms with E-state index in [1.54, 1.807) is 0 Å². The summed E-state index contributed by atoms with van der Waals surface area (Å²) in [7, 11) is 0. The monoisotopic (exact) mass is 388 g/mol. The molecule has 0 bridgehead atoms. The molecule has 0 aliphatic carbocycles. The van der Waals surface area contributed by atoms with Crippen molar-refractivity contribution in [2.75, 3.05) is 11.4 Å². The first-order chi connectivity index (χ1) is 13.3. The lowest BCUT2D eigenvalue weighted by Crippen LogP contribution is -2.31. The minimum Gasteiger partial charge on any atom is -0.481 e. The number of hydrogen-bond acceptors (Lipinski definition) is 3. The van der Waals surface area contributed by atoms with E-state index in [9.17, 15) is 23.2 Å². The van der Waals surface area contributed by atoms with Crippen molar-refractivity contribution >= 4 is 23.5 Å². The number of benzene rings is 2. The van der Waals surface area contributed by atoms with Gasteiger partial charge in [-0.2, -0.15) is 0 Å². The lowest BCUT2D eigenvalue weighted by molar-refractivity contribution is -0.137. The molecule has 1 aliphatic rings. The molecule has 0 radical (unpaired) electrons. The van der Waals surface area contributed by atoms with Crippen molar-refractivity contribution in [3.05, 3.63) is 65.2 Å². The van der Waals surface area contributed by atoms with Crippen LogP contribution in [0.3, 0.4) is 0 Å². The highest BCUT2D eigenvalue weighted by Crippen LogP contribution is 2.25. The molecule has 28 heavy (non-hydrogen) atoms. The van der Waals surface area contributed by atoms with Crippen LogP contribution < -0.4 is 10.2 Å². The zero-order valence-corrected chi connectivity index (χ0v) is 14.8. The van der Waals surface area contributed by atoms with E-state index in [0.717, 1.165) is 18.2 Å². The van der Waals surface area contributed by atoms with Crippen LogP contribution in [0.25, 0.3) is 0 Å². The lowest BCUT2D eigenvalue weighted by Gasteiger charge is -2.20. The molecule has 6 nitrogen and oxygen atoms in total. The van der Waals surface area contributed by atoms with Gasteiger partial charge < -0.3 is 15.3 Å². The Morgan fingerprint density at radius 1 is 1.14 bits per heavy atom. The van der Waals surface area contributed by atoms with Gasteiger partial charge in [-0.15, -0.1) is 0 Å². The molecule has 3 rings (SSSR count). The van der Waals surface area contributed by atoms with Gasteiger partial charge in [-0.1, -0.05) is 12.1 Å².